The van der Waals surface area contributed by atoms with Gasteiger partial charge in [-0.25, -0.2) is 14.8 Å². The Bertz CT molecular complexity index is 1330. The maximum Gasteiger partial charge on any atom is 0.350 e. The summed E-state index contributed by atoms with van der Waals surface area (Å²) in [5, 5.41) is 0.660. The SMILES string of the molecule is COc1ccc(-c2nc(C)c(C(=O)OCc3cc(=O)n4ccccc4n3)s2)cc1OC. The van der Waals surface area contributed by atoms with E-state index in [0.717, 1.165) is 5.56 Å². The Morgan fingerprint density at radius 1 is 1.06 bits per heavy atom. The normalized spacial score (nSPS) is 10.8. The Kier molecular flexibility index (Phi) is 5.68. The Hall–Kier alpha value is -3.72. The van der Waals surface area contributed by atoms with Gasteiger partial charge in [-0.3, -0.25) is 9.20 Å². The van der Waals surface area contributed by atoms with Gasteiger partial charge >= 0.3 is 5.97 Å². The number of hydrogen-bond acceptors (Lipinski definition) is 8. The number of fused-ring (bicyclic) bond motifs is 1. The summed E-state index contributed by atoms with van der Waals surface area (Å²) in [6, 6.07) is 12.0. The number of aryl methyl sites for hydroxylation is 1. The van der Waals surface area contributed by atoms with Gasteiger partial charge in [-0.15, -0.1) is 11.3 Å². The molecule has 0 saturated carbocycles. The van der Waals surface area contributed by atoms with E-state index in [1.807, 2.05) is 6.07 Å². The van der Waals surface area contributed by atoms with Gasteiger partial charge in [0.25, 0.3) is 5.56 Å². The summed E-state index contributed by atoms with van der Waals surface area (Å²) >= 11 is 1.23. The number of methoxy groups -OCH3 is 2. The van der Waals surface area contributed by atoms with Crippen molar-refractivity contribution >= 4 is 23.0 Å². The van der Waals surface area contributed by atoms with Gasteiger partial charge in [-0.05, 0) is 37.3 Å². The number of thiazole rings is 1. The number of pyridine rings is 1. The minimum Gasteiger partial charge on any atom is -0.493 e. The fourth-order valence-corrected chi connectivity index (χ4v) is 4.02. The first-order chi connectivity index (χ1) is 15.0. The van der Waals surface area contributed by atoms with Crippen LogP contribution in [0.5, 0.6) is 11.5 Å². The molecule has 0 aliphatic heterocycles. The lowest BCUT2D eigenvalue weighted by atomic mass is 10.2. The average molecular weight is 437 g/mol. The van der Waals surface area contributed by atoms with Crippen LogP contribution in [0.2, 0.25) is 0 Å². The molecular weight excluding hydrogens is 418 g/mol. The quantitative estimate of drug-likeness (QED) is 0.426. The molecule has 0 atom stereocenters. The Balaban J connectivity index is 1.54. The topological polar surface area (TPSA) is 92.0 Å². The van der Waals surface area contributed by atoms with E-state index >= 15 is 0 Å². The van der Waals surface area contributed by atoms with E-state index < -0.39 is 5.97 Å². The van der Waals surface area contributed by atoms with E-state index in [0.29, 0.717) is 38.4 Å². The fraction of sp³-hybridized carbons (Fsp3) is 0.182. The third kappa shape index (κ3) is 4.13. The van der Waals surface area contributed by atoms with Crippen LogP contribution in [-0.4, -0.2) is 34.6 Å². The summed E-state index contributed by atoms with van der Waals surface area (Å²) in [6.45, 7) is 1.64. The van der Waals surface area contributed by atoms with Crippen LogP contribution in [0.25, 0.3) is 16.2 Å². The molecule has 3 aromatic heterocycles. The number of rotatable bonds is 6. The number of carbonyl (C=O) groups is 1. The van der Waals surface area contributed by atoms with Crippen LogP contribution in [0.15, 0.2) is 53.5 Å². The summed E-state index contributed by atoms with van der Waals surface area (Å²) in [5.74, 6) is 0.667. The van der Waals surface area contributed by atoms with Crippen LogP contribution in [-0.2, 0) is 11.3 Å². The molecule has 4 rings (SSSR count). The van der Waals surface area contributed by atoms with E-state index in [1.54, 1.807) is 57.7 Å². The highest BCUT2D eigenvalue weighted by Gasteiger charge is 2.19. The molecule has 0 unspecified atom stereocenters. The van der Waals surface area contributed by atoms with Gasteiger partial charge in [-0.2, -0.15) is 0 Å². The third-order valence-corrected chi connectivity index (χ3v) is 5.77. The highest BCUT2D eigenvalue weighted by atomic mass is 32.1. The molecule has 0 fully saturated rings. The molecule has 8 nitrogen and oxygen atoms in total. The highest BCUT2D eigenvalue weighted by Crippen LogP contribution is 2.35. The predicted octanol–water partition coefficient (Wildman–Crippen LogP) is 3.50. The molecule has 4 aromatic rings. The van der Waals surface area contributed by atoms with Gasteiger partial charge < -0.3 is 14.2 Å². The largest absolute Gasteiger partial charge is 0.493 e. The van der Waals surface area contributed by atoms with Gasteiger partial charge in [-0.1, -0.05) is 6.07 Å². The van der Waals surface area contributed by atoms with E-state index in [9.17, 15) is 9.59 Å². The van der Waals surface area contributed by atoms with E-state index in [1.165, 1.54) is 21.8 Å². The summed E-state index contributed by atoms with van der Waals surface area (Å²) < 4.78 is 17.4. The lowest BCUT2D eigenvalue weighted by Crippen LogP contribution is -2.16. The standard InChI is InChI=1S/C22H19N3O5S/c1-13-20(31-21(23-13)14-7-8-16(28-2)17(10-14)29-3)22(27)30-12-15-11-19(26)25-9-5-4-6-18(25)24-15/h4-11H,12H2,1-3H3. The van der Waals surface area contributed by atoms with Crippen molar-refractivity contribution in [3.05, 3.63) is 75.3 Å². The second-order valence-corrected chi connectivity index (χ2v) is 7.59. The van der Waals surface area contributed by atoms with Crippen LogP contribution >= 0.6 is 11.3 Å². The van der Waals surface area contributed by atoms with Crippen molar-refractivity contribution in [2.45, 2.75) is 13.5 Å². The molecule has 1 aromatic carbocycles. The van der Waals surface area contributed by atoms with Crippen molar-refractivity contribution in [1.82, 2.24) is 14.4 Å². The number of nitrogens with zero attached hydrogens (tertiary/aromatic N) is 3. The molecule has 3 heterocycles. The molecule has 0 aliphatic rings. The molecular formula is C22H19N3O5S. The number of benzene rings is 1. The fourth-order valence-electron chi connectivity index (χ4n) is 3.06. The van der Waals surface area contributed by atoms with Crippen LogP contribution in [0.4, 0.5) is 0 Å². The van der Waals surface area contributed by atoms with Gasteiger partial charge in [0.05, 0.1) is 25.6 Å². The Labute approximate surface area is 181 Å². The van der Waals surface area contributed by atoms with Gasteiger partial charge in [0.1, 0.15) is 22.1 Å². The molecule has 9 heteroatoms. The molecule has 0 bridgehead atoms. The predicted molar refractivity (Wildman–Crippen MR) is 116 cm³/mol. The van der Waals surface area contributed by atoms with Gasteiger partial charge in [0.2, 0.25) is 0 Å². The number of esters is 1. The Morgan fingerprint density at radius 2 is 1.87 bits per heavy atom. The smallest absolute Gasteiger partial charge is 0.350 e. The second kappa shape index (κ2) is 8.57. The van der Waals surface area contributed by atoms with Crippen LogP contribution in [0.1, 0.15) is 21.1 Å². The maximum atomic E-state index is 12.6. The zero-order valence-electron chi connectivity index (χ0n) is 17.1. The molecule has 0 spiro atoms. The summed E-state index contributed by atoms with van der Waals surface area (Å²) in [7, 11) is 3.13. The van der Waals surface area contributed by atoms with Gasteiger partial charge in [0, 0.05) is 17.8 Å². The number of ether oxygens (including phenoxy) is 3. The Morgan fingerprint density at radius 3 is 2.65 bits per heavy atom. The van der Waals surface area contributed by atoms with Crippen molar-refractivity contribution in [1.29, 1.82) is 0 Å². The molecule has 0 N–H and O–H groups in total. The zero-order valence-corrected chi connectivity index (χ0v) is 17.9. The monoisotopic (exact) mass is 437 g/mol. The number of carbonyl (C=O) groups excluding carboxylic acids is 1. The summed E-state index contributed by atoms with van der Waals surface area (Å²) in [4.78, 5) is 34.1. The minimum atomic E-state index is -0.517. The van der Waals surface area contributed by atoms with Crippen LogP contribution in [0.3, 0.4) is 0 Å². The van der Waals surface area contributed by atoms with E-state index in [2.05, 4.69) is 9.97 Å². The first-order valence-corrected chi connectivity index (χ1v) is 10.2. The molecule has 0 aliphatic carbocycles. The zero-order chi connectivity index (χ0) is 22.0. The molecule has 0 radical (unpaired) electrons. The van der Waals surface area contributed by atoms with Crippen LogP contribution < -0.4 is 15.0 Å². The molecule has 31 heavy (non-hydrogen) atoms. The van der Waals surface area contributed by atoms with Crippen molar-refractivity contribution in [3.8, 4) is 22.1 Å². The summed E-state index contributed by atoms with van der Waals surface area (Å²) in [5.41, 5.74) is 2.00. The lowest BCUT2D eigenvalue weighted by molar-refractivity contribution is 0.0472. The first kappa shape index (κ1) is 20.5. The van der Waals surface area contributed by atoms with Crippen molar-refractivity contribution in [3.63, 3.8) is 0 Å². The van der Waals surface area contributed by atoms with Gasteiger partial charge in [0.15, 0.2) is 11.5 Å². The van der Waals surface area contributed by atoms with Crippen LogP contribution in [0, 0.1) is 6.92 Å². The van der Waals surface area contributed by atoms with E-state index in [4.69, 9.17) is 14.2 Å². The van der Waals surface area contributed by atoms with Crippen molar-refractivity contribution in [2.75, 3.05) is 14.2 Å². The second-order valence-electron chi connectivity index (χ2n) is 6.59. The number of hydrogen-bond donors (Lipinski definition) is 0. The van der Waals surface area contributed by atoms with Crippen molar-refractivity contribution in [2.24, 2.45) is 0 Å². The first-order valence-electron chi connectivity index (χ1n) is 9.34. The van der Waals surface area contributed by atoms with E-state index in [-0.39, 0.29) is 12.2 Å². The third-order valence-electron chi connectivity index (χ3n) is 4.59. The highest BCUT2D eigenvalue weighted by molar-refractivity contribution is 7.17. The minimum absolute atomic E-state index is 0.109. The summed E-state index contributed by atoms with van der Waals surface area (Å²) in [6.07, 6.45) is 1.64. The maximum absolute atomic E-state index is 12.6. The molecule has 0 amide bonds. The number of aromatic nitrogens is 3. The lowest BCUT2D eigenvalue weighted by Gasteiger charge is -2.08. The average Bonchev–Trinajstić information content (AvgIpc) is 3.18. The van der Waals surface area contributed by atoms with Crippen molar-refractivity contribution < 1.29 is 19.0 Å². The molecule has 158 valence electrons. The molecule has 0 saturated heterocycles.